The van der Waals surface area contributed by atoms with E-state index in [-0.39, 0.29) is 5.91 Å². The van der Waals surface area contributed by atoms with Crippen molar-refractivity contribution < 1.29 is 4.79 Å². The smallest absolute Gasteiger partial charge is 0.272 e. The van der Waals surface area contributed by atoms with Crippen molar-refractivity contribution in [2.75, 3.05) is 6.54 Å². The van der Waals surface area contributed by atoms with Crippen LogP contribution in [-0.2, 0) is 19.6 Å². The Morgan fingerprint density at radius 1 is 1.13 bits per heavy atom. The molecule has 0 spiro atoms. The molecular weight excluding hydrogens is 292 g/mol. The first-order valence-electron chi connectivity index (χ1n) is 7.52. The average Bonchev–Trinajstić information content (AvgIpc) is 3.25. The first-order chi connectivity index (χ1) is 11.3. The fourth-order valence-electron chi connectivity index (χ4n) is 2.83. The fraction of sp³-hybridized carbons (Fsp3) is 0.250. The Morgan fingerprint density at radius 3 is 2.87 bits per heavy atom. The van der Waals surface area contributed by atoms with Gasteiger partial charge in [0.15, 0.2) is 0 Å². The van der Waals surface area contributed by atoms with E-state index in [4.69, 9.17) is 0 Å². The van der Waals surface area contributed by atoms with Crippen LogP contribution in [0.1, 0.15) is 22.0 Å². The Hall–Kier alpha value is -2.96. The van der Waals surface area contributed by atoms with E-state index in [1.807, 2.05) is 29.2 Å². The number of carbonyl (C=O) groups is 1. The molecular formula is C16H16N6O. The molecule has 0 saturated carbocycles. The van der Waals surface area contributed by atoms with Crippen LogP contribution in [0.3, 0.4) is 0 Å². The maximum atomic E-state index is 12.5. The van der Waals surface area contributed by atoms with E-state index in [0.29, 0.717) is 25.3 Å². The monoisotopic (exact) mass is 308 g/mol. The Morgan fingerprint density at radius 2 is 2.09 bits per heavy atom. The lowest BCUT2D eigenvalue weighted by atomic mass is 10.2. The van der Waals surface area contributed by atoms with Crippen LogP contribution < -0.4 is 0 Å². The van der Waals surface area contributed by atoms with Crippen LogP contribution in [0.15, 0.2) is 49.1 Å². The summed E-state index contributed by atoms with van der Waals surface area (Å²) in [4.78, 5) is 22.9. The fourth-order valence-corrected chi connectivity index (χ4v) is 2.83. The number of imidazole rings is 1. The highest BCUT2D eigenvalue weighted by Crippen LogP contribution is 2.16. The molecule has 0 N–H and O–H groups in total. The minimum absolute atomic E-state index is 0.0477. The van der Waals surface area contributed by atoms with Crippen LogP contribution in [0.5, 0.6) is 0 Å². The molecule has 23 heavy (non-hydrogen) atoms. The highest BCUT2D eigenvalue weighted by molar-refractivity contribution is 5.92. The minimum Gasteiger partial charge on any atom is -0.328 e. The van der Waals surface area contributed by atoms with Crippen molar-refractivity contribution >= 4 is 5.91 Å². The van der Waals surface area contributed by atoms with Gasteiger partial charge in [-0.25, -0.2) is 4.98 Å². The SMILES string of the molecule is O=C(c1ccccn1)N1CCn2c(Cn3cccn3)cnc2C1. The molecule has 3 aromatic rings. The van der Waals surface area contributed by atoms with Gasteiger partial charge < -0.3 is 9.47 Å². The van der Waals surface area contributed by atoms with E-state index in [9.17, 15) is 4.79 Å². The third-order valence-electron chi connectivity index (χ3n) is 4.00. The average molecular weight is 308 g/mol. The summed E-state index contributed by atoms with van der Waals surface area (Å²) in [6, 6.07) is 7.28. The predicted molar refractivity (Wildman–Crippen MR) is 82.5 cm³/mol. The molecule has 0 fully saturated rings. The first-order valence-corrected chi connectivity index (χ1v) is 7.52. The maximum absolute atomic E-state index is 12.5. The summed E-state index contributed by atoms with van der Waals surface area (Å²) >= 11 is 0. The molecule has 4 rings (SSSR count). The highest BCUT2D eigenvalue weighted by atomic mass is 16.2. The lowest BCUT2D eigenvalue weighted by Crippen LogP contribution is -2.39. The molecule has 1 aliphatic heterocycles. The van der Waals surface area contributed by atoms with Crippen LogP contribution in [0, 0.1) is 0 Å². The standard InChI is InChI=1S/C16H16N6O/c23-16(14-4-1-2-5-17-14)20-8-9-22-13(10-18-15(22)12-20)11-21-7-3-6-19-21/h1-7,10H,8-9,11-12H2. The van der Waals surface area contributed by atoms with Crippen LogP contribution in [0.2, 0.25) is 0 Å². The van der Waals surface area contributed by atoms with Gasteiger partial charge in [0.25, 0.3) is 5.91 Å². The van der Waals surface area contributed by atoms with Gasteiger partial charge in [0.1, 0.15) is 11.5 Å². The zero-order valence-electron chi connectivity index (χ0n) is 12.5. The number of fused-ring (bicyclic) bond motifs is 1. The summed E-state index contributed by atoms with van der Waals surface area (Å²) in [5.41, 5.74) is 1.58. The van der Waals surface area contributed by atoms with Crippen molar-refractivity contribution in [2.24, 2.45) is 0 Å². The van der Waals surface area contributed by atoms with Crippen molar-refractivity contribution in [3.05, 3.63) is 66.3 Å². The van der Waals surface area contributed by atoms with Crippen molar-refractivity contribution in [2.45, 2.75) is 19.6 Å². The molecule has 7 heteroatoms. The van der Waals surface area contributed by atoms with E-state index >= 15 is 0 Å². The van der Waals surface area contributed by atoms with E-state index in [1.165, 1.54) is 0 Å². The molecule has 0 unspecified atom stereocenters. The quantitative estimate of drug-likeness (QED) is 0.728. The number of aromatic nitrogens is 5. The van der Waals surface area contributed by atoms with Gasteiger partial charge in [-0.05, 0) is 18.2 Å². The Balaban J connectivity index is 1.52. The number of hydrogen-bond donors (Lipinski definition) is 0. The van der Waals surface area contributed by atoms with E-state index < -0.39 is 0 Å². The molecule has 0 aliphatic carbocycles. The molecule has 116 valence electrons. The van der Waals surface area contributed by atoms with Gasteiger partial charge in [0.2, 0.25) is 0 Å². The van der Waals surface area contributed by atoms with Crippen molar-refractivity contribution in [1.82, 2.24) is 29.2 Å². The zero-order valence-corrected chi connectivity index (χ0v) is 12.5. The third kappa shape index (κ3) is 2.61. The molecule has 1 aliphatic rings. The summed E-state index contributed by atoms with van der Waals surface area (Å²) in [5, 5.41) is 4.23. The molecule has 0 bridgehead atoms. The first kappa shape index (κ1) is 13.7. The van der Waals surface area contributed by atoms with Gasteiger partial charge in [-0.3, -0.25) is 14.5 Å². The maximum Gasteiger partial charge on any atom is 0.272 e. The van der Waals surface area contributed by atoms with Gasteiger partial charge in [-0.2, -0.15) is 5.10 Å². The van der Waals surface area contributed by atoms with Crippen LogP contribution >= 0.6 is 0 Å². The Labute approximate surface area is 133 Å². The normalized spacial score (nSPS) is 13.8. The van der Waals surface area contributed by atoms with Crippen molar-refractivity contribution in [1.29, 1.82) is 0 Å². The predicted octanol–water partition coefficient (Wildman–Crippen LogP) is 1.18. The van der Waals surface area contributed by atoms with E-state index in [0.717, 1.165) is 18.1 Å². The van der Waals surface area contributed by atoms with E-state index in [2.05, 4.69) is 19.6 Å². The second-order valence-corrected chi connectivity index (χ2v) is 5.46. The molecule has 4 heterocycles. The summed E-state index contributed by atoms with van der Waals surface area (Å²) in [7, 11) is 0. The molecule has 3 aromatic heterocycles. The third-order valence-corrected chi connectivity index (χ3v) is 4.00. The van der Waals surface area contributed by atoms with Crippen molar-refractivity contribution in [3.63, 3.8) is 0 Å². The largest absolute Gasteiger partial charge is 0.328 e. The Kier molecular flexibility index (Phi) is 3.38. The molecule has 0 atom stereocenters. The van der Waals surface area contributed by atoms with Crippen LogP contribution in [0.25, 0.3) is 0 Å². The van der Waals surface area contributed by atoms with Gasteiger partial charge in [-0.15, -0.1) is 0 Å². The van der Waals surface area contributed by atoms with E-state index in [1.54, 1.807) is 29.4 Å². The second-order valence-electron chi connectivity index (χ2n) is 5.46. The molecule has 7 nitrogen and oxygen atoms in total. The summed E-state index contributed by atoms with van der Waals surface area (Å²) in [6.07, 6.45) is 7.20. The van der Waals surface area contributed by atoms with Gasteiger partial charge in [0.05, 0.1) is 25.0 Å². The van der Waals surface area contributed by atoms with Crippen molar-refractivity contribution in [3.8, 4) is 0 Å². The van der Waals surface area contributed by atoms with Gasteiger partial charge in [-0.1, -0.05) is 6.07 Å². The lowest BCUT2D eigenvalue weighted by molar-refractivity contribution is 0.0700. The number of nitrogens with zero attached hydrogens (tertiary/aromatic N) is 6. The lowest BCUT2D eigenvalue weighted by Gasteiger charge is -2.28. The van der Waals surface area contributed by atoms with Gasteiger partial charge in [0, 0.05) is 31.7 Å². The van der Waals surface area contributed by atoms with Gasteiger partial charge >= 0.3 is 0 Å². The minimum atomic E-state index is -0.0477. The Bertz CT molecular complexity index is 808. The number of rotatable bonds is 3. The molecule has 1 amide bonds. The summed E-state index contributed by atoms with van der Waals surface area (Å²) in [6.45, 7) is 2.60. The molecule has 0 saturated heterocycles. The number of amides is 1. The summed E-state index contributed by atoms with van der Waals surface area (Å²) < 4.78 is 4.04. The highest BCUT2D eigenvalue weighted by Gasteiger charge is 2.24. The van der Waals surface area contributed by atoms with Crippen LogP contribution in [0.4, 0.5) is 0 Å². The number of pyridine rings is 1. The molecule has 0 aromatic carbocycles. The van der Waals surface area contributed by atoms with Crippen LogP contribution in [-0.4, -0.2) is 41.7 Å². The summed E-state index contributed by atoms with van der Waals surface area (Å²) in [5.74, 6) is 0.858. The molecule has 0 radical (unpaired) electrons. The second kappa shape index (κ2) is 5.68. The number of hydrogen-bond acceptors (Lipinski definition) is 4. The topological polar surface area (TPSA) is 68.8 Å². The zero-order chi connectivity index (χ0) is 15.6. The number of carbonyl (C=O) groups excluding carboxylic acids is 1.